The Bertz CT molecular complexity index is 512. The molecule has 2 unspecified atom stereocenters. The van der Waals surface area contributed by atoms with Gasteiger partial charge in [-0.25, -0.2) is 4.79 Å². The van der Waals surface area contributed by atoms with Crippen molar-refractivity contribution in [2.75, 3.05) is 5.32 Å². The van der Waals surface area contributed by atoms with Crippen LogP contribution < -0.4 is 10.6 Å². The lowest BCUT2D eigenvalue weighted by Crippen LogP contribution is -2.44. The van der Waals surface area contributed by atoms with Crippen molar-refractivity contribution in [2.45, 2.75) is 33.2 Å². The fourth-order valence-corrected chi connectivity index (χ4v) is 2.45. The molecular weight excluding hydrogens is 280 g/mol. The number of amides is 2. The van der Waals surface area contributed by atoms with Crippen LogP contribution in [0.1, 0.15) is 36.9 Å². The minimum absolute atomic E-state index is 0.161. The van der Waals surface area contributed by atoms with E-state index in [0.29, 0.717) is 16.3 Å². The number of anilines is 1. The minimum Gasteiger partial charge on any atom is -0.480 e. The van der Waals surface area contributed by atoms with Gasteiger partial charge in [0, 0.05) is 6.92 Å². The molecule has 3 N–H and O–H groups in total. The molecule has 0 aliphatic carbocycles. The molecule has 0 aliphatic heterocycles. The second-order valence-electron chi connectivity index (χ2n) is 4.52. The third-order valence-electron chi connectivity index (χ3n) is 2.89. The minimum atomic E-state index is -1.05. The van der Waals surface area contributed by atoms with Crippen molar-refractivity contribution in [2.24, 2.45) is 5.92 Å². The van der Waals surface area contributed by atoms with Gasteiger partial charge in [0.05, 0.1) is 9.88 Å². The average Bonchev–Trinajstić information content (AvgIpc) is 2.82. The Balaban J connectivity index is 2.76. The molecule has 2 amide bonds. The third-order valence-corrected chi connectivity index (χ3v) is 3.89. The normalized spacial score (nSPS) is 13.3. The standard InChI is InChI=1S/C13H18N2O4S/c1-4-7(2)11(13(18)19)15-12(17)9-5-6-10(20-9)14-8(3)16/h5-7,11H,4H2,1-3H3,(H,14,16)(H,15,17)(H,18,19). The van der Waals surface area contributed by atoms with E-state index < -0.39 is 17.9 Å². The van der Waals surface area contributed by atoms with E-state index in [1.54, 1.807) is 19.1 Å². The van der Waals surface area contributed by atoms with Crippen LogP contribution in [0.4, 0.5) is 5.00 Å². The number of hydrogen-bond acceptors (Lipinski definition) is 4. The van der Waals surface area contributed by atoms with E-state index in [9.17, 15) is 14.4 Å². The first kappa shape index (κ1) is 16.2. The van der Waals surface area contributed by atoms with E-state index in [4.69, 9.17) is 5.11 Å². The number of hydrogen-bond donors (Lipinski definition) is 3. The number of carbonyl (C=O) groups is 3. The fourth-order valence-electron chi connectivity index (χ4n) is 1.60. The maximum atomic E-state index is 12.0. The van der Waals surface area contributed by atoms with Gasteiger partial charge < -0.3 is 15.7 Å². The smallest absolute Gasteiger partial charge is 0.326 e. The van der Waals surface area contributed by atoms with Crippen molar-refractivity contribution >= 4 is 34.1 Å². The lowest BCUT2D eigenvalue weighted by molar-refractivity contribution is -0.140. The summed E-state index contributed by atoms with van der Waals surface area (Å²) in [6.07, 6.45) is 0.652. The van der Waals surface area contributed by atoms with Crippen LogP contribution in [-0.4, -0.2) is 28.9 Å². The predicted octanol–water partition coefficient (Wildman–Crippen LogP) is 1.94. The third kappa shape index (κ3) is 4.34. The van der Waals surface area contributed by atoms with Gasteiger partial charge >= 0.3 is 5.97 Å². The van der Waals surface area contributed by atoms with Crippen LogP contribution in [0.25, 0.3) is 0 Å². The van der Waals surface area contributed by atoms with E-state index >= 15 is 0 Å². The first-order chi connectivity index (χ1) is 9.35. The van der Waals surface area contributed by atoms with Gasteiger partial charge in [0.15, 0.2) is 0 Å². The summed E-state index contributed by atoms with van der Waals surface area (Å²) in [4.78, 5) is 34.4. The zero-order chi connectivity index (χ0) is 15.3. The lowest BCUT2D eigenvalue weighted by atomic mass is 9.99. The Hall–Kier alpha value is -1.89. The fraction of sp³-hybridized carbons (Fsp3) is 0.462. The maximum absolute atomic E-state index is 12.0. The van der Waals surface area contributed by atoms with Crippen LogP contribution >= 0.6 is 11.3 Å². The molecular formula is C13H18N2O4S. The lowest BCUT2D eigenvalue weighted by Gasteiger charge is -2.19. The first-order valence-electron chi connectivity index (χ1n) is 6.26. The molecule has 1 aromatic heterocycles. The highest BCUT2D eigenvalue weighted by Gasteiger charge is 2.26. The Morgan fingerprint density at radius 1 is 1.35 bits per heavy atom. The summed E-state index contributed by atoms with van der Waals surface area (Å²) in [5.41, 5.74) is 0. The van der Waals surface area contributed by atoms with Crippen LogP contribution in [0, 0.1) is 5.92 Å². The largest absolute Gasteiger partial charge is 0.480 e. The van der Waals surface area contributed by atoms with Crippen molar-refractivity contribution in [1.82, 2.24) is 5.32 Å². The Labute approximate surface area is 121 Å². The van der Waals surface area contributed by atoms with Gasteiger partial charge in [-0.15, -0.1) is 11.3 Å². The van der Waals surface area contributed by atoms with E-state index in [1.807, 2.05) is 6.92 Å². The molecule has 0 radical (unpaired) electrons. The SMILES string of the molecule is CCC(C)C(NC(=O)c1ccc(NC(C)=O)s1)C(=O)O. The highest BCUT2D eigenvalue weighted by atomic mass is 32.1. The Morgan fingerprint density at radius 2 is 2.00 bits per heavy atom. The summed E-state index contributed by atoms with van der Waals surface area (Å²) >= 11 is 1.11. The van der Waals surface area contributed by atoms with Crippen molar-refractivity contribution in [1.29, 1.82) is 0 Å². The molecule has 20 heavy (non-hydrogen) atoms. The second kappa shape index (κ2) is 7.04. The van der Waals surface area contributed by atoms with Crippen LogP contribution in [0.3, 0.4) is 0 Å². The number of carboxylic acid groups (broad SMARTS) is 1. The molecule has 0 bridgehead atoms. The number of carbonyl (C=O) groups excluding carboxylic acids is 2. The molecule has 1 rings (SSSR count). The van der Waals surface area contributed by atoms with Crippen molar-refractivity contribution < 1.29 is 19.5 Å². The number of nitrogens with one attached hydrogen (secondary N) is 2. The summed E-state index contributed by atoms with van der Waals surface area (Å²) in [5.74, 6) is -1.88. The van der Waals surface area contributed by atoms with Crippen LogP contribution in [0.2, 0.25) is 0 Å². The molecule has 0 saturated heterocycles. The second-order valence-corrected chi connectivity index (χ2v) is 5.60. The van der Waals surface area contributed by atoms with Gasteiger partial charge in [0.2, 0.25) is 5.91 Å². The van der Waals surface area contributed by atoms with Gasteiger partial charge in [-0.3, -0.25) is 9.59 Å². The molecule has 2 atom stereocenters. The summed E-state index contributed by atoms with van der Waals surface area (Å²) in [6, 6.07) is 2.25. The number of thiophene rings is 1. The topological polar surface area (TPSA) is 95.5 Å². The highest BCUT2D eigenvalue weighted by molar-refractivity contribution is 7.18. The maximum Gasteiger partial charge on any atom is 0.326 e. The van der Waals surface area contributed by atoms with Gasteiger partial charge in [-0.05, 0) is 18.1 Å². The van der Waals surface area contributed by atoms with Crippen molar-refractivity contribution in [3.8, 4) is 0 Å². The summed E-state index contributed by atoms with van der Waals surface area (Å²) in [6.45, 7) is 5.02. The molecule has 1 aromatic rings. The van der Waals surface area contributed by atoms with Crippen LogP contribution in [0.5, 0.6) is 0 Å². The summed E-state index contributed by atoms with van der Waals surface area (Å²) < 4.78 is 0. The zero-order valence-corrected chi connectivity index (χ0v) is 12.4. The summed E-state index contributed by atoms with van der Waals surface area (Å²) in [5, 5.41) is 14.8. The molecule has 0 saturated carbocycles. The number of rotatable bonds is 6. The van der Waals surface area contributed by atoms with Crippen molar-refractivity contribution in [3.63, 3.8) is 0 Å². The molecule has 0 spiro atoms. The van der Waals surface area contributed by atoms with E-state index in [-0.39, 0.29) is 11.8 Å². The molecule has 0 fully saturated rings. The Morgan fingerprint density at radius 3 is 2.50 bits per heavy atom. The zero-order valence-electron chi connectivity index (χ0n) is 11.6. The predicted molar refractivity (Wildman–Crippen MR) is 77.0 cm³/mol. The molecule has 0 aromatic carbocycles. The van der Waals surface area contributed by atoms with E-state index in [2.05, 4.69) is 10.6 Å². The number of aliphatic carboxylic acids is 1. The van der Waals surface area contributed by atoms with Crippen LogP contribution in [-0.2, 0) is 9.59 Å². The first-order valence-corrected chi connectivity index (χ1v) is 7.07. The van der Waals surface area contributed by atoms with E-state index in [0.717, 1.165) is 11.3 Å². The summed E-state index contributed by atoms with van der Waals surface area (Å²) in [7, 11) is 0. The highest BCUT2D eigenvalue weighted by Crippen LogP contribution is 2.22. The Kier molecular flexibility index (Phi) is 5.69. The van der Waals surface area contributed by atoms with Gasteiger partial charge in [0.1, 0.15) is 6.04 Å². The molecule has 1 heterocycles. The van der Waals surface area contributed by atoms with Gasteiger partial charge in [0.25, 0.3) is 5.91 Å². The molecule has 0 aliphatic rings. The van der Waals surface area contributed by atoms with Crippen LogP contribution in [0.15, 0.2) is 12.1 Å². The molecule has 6 nitrogen and oxygen atoms in total. The van der Waals surface area contributed by atoms with E-state index in [1.165, 1.54) is 6.92 Å². The van der Waals surface area contributed by atoms with Crippen molar-refractivity contribution in [3.05, 3.63) is 17.0 Å². The molecule has 110 valence electrons. The monoisotopic (exact) mass is 298 g/mol. The van der Waals surface area contributed by atoms with Gasteiger partial charge in [-0.2, -0.15) is 0 Å². The number of carboxylic acids is 1. The van der Waals surface area contributed by atoms with Gasteiger partial charge in [-0.1, -0.05) is 20.3 Å². The quantitative estimate of drug-likeness (QED) is 0.748. The molecule has 7 heteroatoms. The average molecular weight is 298 g/mol.